The average Bonchev–Trinajstić information content (AvgIpc) is 3.02. The van der Waals surface area contributed by atoms with Crippen LogP contribution < -0.4 is 15.4 Å². The number of carboxylic acid groups (broad SMARTS) is 1. The van der Waals surface area contributed by atoms with Crippen LogP contribution >= 0.6 is 0 Å². The van der Waals surface area contributed by atoms with E-state index in [2.05, 4.69) is 4.98 Å². The van der Waals surface area contributed by atoms with E-state index in [1.54, 1.807) is 0 Å². The second-order valence-corrected chi connectivity index (χ2v) is 4.73. The summed E-state index contributed by atoms with van der Waals surface area (Å²) in [6.45, 7) is 0.327. The van der Waals surface area contributed by atoms with Gasteiger partial charge in [0.1, 0.15) is 5.69 Å². The molecule has 8 heteroatoms. The predicted molar refractivity (Wildman–Crippen MR) is 74.1 cm³/mol. The lowest BCUT2D eigenvalue weighted by Gasteiger charge is -2.17. The van der Waals surface area contributed by atoms with Crippen molar-refractivity contribution in [3.8, 4) is 11.5 Å². The topological polar surface area (TPSA) is 129 Å². The highest BCUT2D eigenvalue weighted by Gasteiger charge is 2.32. The number of aromatic amines is 1. The third-order valence-electron chi connectivity index (χ3n) is 3.65. The van der Waals surface area contributed by atoms with Crippen molar-refractivity contribution in [3.05, 3.63) is 17.3 Å². The molecule has 0 fully saturated rings. The van der Waals surface area contributed by atoms with Crippen molar-refractivity contribution in [2.45, 2.75) is 6.42 Å². The number of anilines is 1. The maximum atomic E-state index is 11.5. The lowest BCUT2D eigenvalue weighted by atomic mass is 10.1. The number of phenolic OH excluding ortho intramolecular Hbond substituents is 1. The molecule has 0 saturated carbocycles. The van der Waals surface area contributed by atoms with Crippen LogP contribution in [0.5, 0.6) is 11.5 Å². The molecule has 0 radical (unpaired) electrons. The summed E-state index contributed by atoms with van der Waals surface area (Å²) in [7, 11) is 1.35. The smallest absolute Gasteiger partial charge is 0.352 e. The molecule has 1 aromatic carbocycles. The third-order valence-corrected chi connectivity index (χ3v) is 3.65. The Kier molecular flexibility index (Phi) is 2.68. The van der Waals surface area contributed by atoms with Gasteiger partial charge in [-0.3, -0.25) is 4.90 Å². The minimum absolute atomic E-state index is 0.0198. The van der Waals surface area contributed by atoms with Gasteiger partial charge in [-0.05, 0) is 18.1 Å². The van der Waals surface area contributed by atoms with E-state index in [9.17, 15) is 14.7 Å². The number of nitrogens with two attached hydrogens (primary N) is 1. The van der Waals surface area contributed by atoms with Crippen LogP contribution in [0.15, 0.2) is 6.07 Å². The quantitative estimate of drug-likeness (QED) is 0.656. The number of carbonyl (C=O) groups is 2. The van der Waals surface area contributed by atoms with Crippen molar-refractivity contribution in [3.63, 3.8) is 0 Å². The molecule has 0 saturated heterocycles. The van der Waals surface area contributed by atoms with Gasteiger partial charge in [0, 0.05) is 11.9 Å². The molecular weight excluding hydrogens is 278 g/mol. The molecule has 1 aliphatic heterocycles. The van der Waals surface area contributed by atoms with Crippen molar-refractivity contribution in [1.82, 2.24) is 4.98 Å². The highest BCUT2D eigenvalue weighted by Crippen LogP contribution is 2.48. The SMILES string of the molecule is COc1c(O)c2c(c3cc(C(=O)O)[nH]c13)CCN2C(N)=O. The van der Waals surface area contributed by atoms with Crippen LogP contribution in [0, 0.1) is 0 Å². The van der Waals surface area contributed by atoms with Gasteiger partial charge in [0.15, 0.2) is 11.5 Å². The van der Waals surface area contributed by atoms with Crippen molar-refractivity contribution in [2.75, 3.05) is 18.6 Å². The number of H-pyrrole nitrogens is 1. The van der Waals surface area contributed by atoms with Gasteiger partial charge in [0.25, 0.3) is 0 Å². The standard InChI is InChI=1S/C13H13N3O5/c1-21-11-8-6(4-7(15-8)12(18)19)5-2-3-16(13(14)20)9(5)10(11)17/h4,15,17H,2-3H2,1H3,(H2,14,20)(H,18,19). The highest BCUT2D eigenvalue weighted by molar-refractivity contribution is 6.06. The van der Waals surface area contributed by atoms with Crippen molar-refractivity contribution >= 4 is 28.6 Å². The van der Waals surface area contributed by atoms with Crippen molar-refractivity contribution in [2.24, 2.45) is 5.73 Å². The van der Waals surface area contributed by atoms with Gasteiger partial charge in [-0.15, -0.1) is 0 Å². The Hall–Kier alpha value is -2.90. The zero-order valence-electron chi connectivity index (χ0n) is 11.1. The van der Waals surface area contributed by atoms with Gasteiger partial charge in [-0.1, -0.05) is 0 Å². The number of aromatic carboxylic acids is 1. The molecule has 3 rings (SSSR count). The van der Waals surface area contributed by atoms with E-state index in [0.717, 1.165) is 0 Å². The average molecular weight is 291 g/mol. The van der Waals surface area contributed by atoms with Crippen LogP contribution in [0.4, 0.5) is 10.5 Å². The maximum Gasteiger partial charge on any atom is 0.352 e. The summed E-state index contributed by atoms with van der Waals surface area (Å²) in [5, 5.41) is 20.0. The lowest BCUT2D eigenvalue weighted by Crippen LogP contribution is -2.34. The number of amides is 2. The Morgan fingerprint density at radius 2 is 2.19 bits per heavy atom. The molecule has 0 atom stereocenters. The van der Waals surface area contributed by atoms with Crippen molar-refractivity contribution in [1.29, 1.82) is 0 Å². The Morgan fingerprint density at radius 1 is 1.48 bits per heavy atom. The van der Waals surface area contributed by atoms with E-state index in [0.29, 0.717) is 29.4 Å². The number of urea groups is 1. The fraction of sp³-hybridized carbons (Fsp3) is 0.231. The first-order valence-electron chi connectivity index (χ1n) is 6.20. The number of nitrogens with one attached hydrogen (secondary N) is 1. The number of carbonyl (C=O) groups excluding carboxylic acids is 1. The first-order valence-corrected chi connectivity index (χ1v) is 6.20. The van der Waals surface area contributed by atoms with Crippen LogP contribution in [0.25, 0.3) is 10.9 Å². The summed E-state index contributed by atoms with van der Waals surface area (Å²) in [4.78, 5) is 26.5. The number of benzene rings is 1. The second-order valence-electron chi connectivity index (χ2n) is 4.73. The molecule has 2 heterocycles. The van der Waals surface area contributed by atoms with Crippen molar-refractivity contribution < 1.29 is 24.5 Å². The summed E-state index contributed by atoms with van der Waals surface area (Å²) in [6, 6.07) is 0.780. The second kappa shape index (κ2) is 4.30. The van der Waals surface area contributed by atoms with Crippen LogP contribution in [-0.2, 0) is 6.42 Å². The predicted octanol–water partition coefficient (Wildman–Crippen LogP) is 1.02. The Balaban J connectivity index is 2.38. The normalized spacial score (nSPS) is 13.5. The summed E-state index contributed by atoms with van der Waals surface area (Å²) in [6.07, 6.45) is 0.475. The fourth-order valence-corrected chi connectivity index (χ4v) is 2.78. The minimum atomic E-state index is -1.12. The van der Waals surface area contributed by atoms with Crippen LogP contribution in [-0.4, -0.2) is 40.9 Å². The number of aromatic nitrogens is 1. The summed E-state index contributed by atoms with van der Waals surface area (Å²) in [5.41, 5.74) is 6.62. The Labute approximate surface area is 118 Å². The third kappa shape index (κ3) is 1.69. The van der Waals surface area contributed by atoms with Crippen LogP contribution in [0.2, 0.25) is 0 Å². The highest BCUT2D eigenvalue weighted by atomic mass is 16.5. The number of ether oxygens (including phenoxy) is 1. The van der Waals surface area contributed by atoms with Gasteiger partial charge in [0.2, 0.25) is 0 Å². The number of hydrogen-bond acceptors (Lipinski definition) is 4. The monoisotopic (exact) mass is 291 g/mol. The number of primary amides is 1. The van der Waals surface area contributed by atoms with E-state index in [1.807, 2.05) is 0 Å². The number of rotatable bonds is 2. The number of hydrogen-bond donors (Lipinski definition) is 4. The molecule has 2 amide bonds. The van der Waals surface area contributed by atoms with Gasteiger partial charge < -0.3 is 25.7 Å². The molecule has 0 aliphatic carbocycles. The lowest BCUT2D eigenvalue weighted by molar-refractivity contribution is 0.0691. The molecule has 21 heavy (non-hydrogen) atoms. The van der Waals surface area contributed by atoms with Gasteiger partial charge in [-0.2, -0.15) is 0 Å². The first kappa shape index (κ1) is 13.1. The summed E-state index contributed by atoms with van der Waals surface area (Å²) in [5.74, 6) is -1.26. The van der Waals surface area contributed by atoms with E-state index < -0.39 is 12.0 Å². The Morgan fingerprint density at radius 3 is 2.76 bits per heavy atom. The zero-order valence-corrected chi connectivity index (χ0v) is 11.1. The summed E-state index contributed by atoms with van der Waals surface area (Å²) >= 11 is 0. The van der Waals surface area contributed by atoms with Gasteiger partial charge in [0.05, 0.1) is 18.3 Å². The molecule has 0 spiro atoms. The van der Waals surface area contributed by atoms with E-state index in [1.165, 1.54) is 18.1 Å². The number of aromatic hydroxyl groups is 1. The largest absolute Gasteiger partial charge is 0.503 e. The molecule has 0 bridgehead atoms. The maximum absolute atomic E-state index is 11.5. The molecule has 1 aliphatic rings. The number of fused-ring (bicyclic) bond motifs is 3. The molecule has 110 valence electrons. The number of methoxy groups -OCH3 is 1. The molecule has 1 aromatic heterocycles. The summed E-state index contributed by atoms with van der Waals surface area (Å²) < 4.78 is 5.15. The van der Waals surface area contributed by atoms with Crippen LogP contribution in [0.3, 0.4) is 0 Å². The number of nitrogens with zero attached hydrogens (tertiary/aromatic N) is 1. The van der Waals surface area contributed by atoms with E-state index in [4.69, 9.17) is 15.6 Å². The molecule has 0 unspecified atom stereocenters. The molecule has 2 aromatic rings. The number of carboxylic acids is 1. The minimum Gasteiger partial charge on any atom is -0.503 e. The van der Waals surface area contributed by atoms with E-state index >= 15 is 0 Å². The van der Waals surface area contributed by atoms with Gasteiger partial charge >= 0.3 is 12.0 Å². The van der Waals surface area contributed by atoms with Gasteiger partial charge in [-0.25, -0.2) is 9.59 Å². The zero-order chi connectivity index (χ0) is 15.3. The fourth-order valence-electron chi connectivity index (χ4n) is 2.78. The van der Waals surface area contributed by atoms with E-state index in [-0.39, 0.29) is 22.9 Å². The van der Waals surface area contributed by atoms with Crippen LogP contribution in [0.1, 0.15) is 16.1 Å². The Bertz CT molecular complexity index is 780. The number of phenols is 1. The molecule has 5 N–H and O–H groups in total. The first-order chi connectivity index (χ1) is 9.95. The molecular formula is C13H13N3O5. The molecule has 8 nitrogen and oxygen atoms in total.